The molecule has 3 aromatic rings. The van der Waals surface area contributed by atoms with Gasteiger partial charge in [-0.25, -0.2) is 12.7 Å². The highest BCUT2D eigenvalue weighted by molar-refractivity contribution is 7.89. The summed E-state index contributed by atoms with van der Waals surface area (Å²) in [4.78, 5) is 25.7. The van der Waals surface area contributed by atoms with Crippen LogP contribution in [0.4, 0.5) is 13.2 Å². The monoisotopic (exact) mass is 493 g/mol. The number of hydrogen-bond donors (Lipinski definition) is 1. The smallest absolute Gasteiger partial charge is 0.348 e. The maximum atomic E-state index is 13.1. The lowest BCUT2D eigenvalue weighted by molar-refractivity contribution is -0.137. The van der Waals surface area contributed by atoms with Gasteiger partial charge >= 0.3 is 6.18 Å². The first-order chi connectivity index (χ1) is 15.8. The second kappa shape index (κ2) is 9.43. The van der Waals surface area contributed by atoms with Crippen molar-refractivity contribution in [2.45, 2.75) is 24.5 Å². The molecule has 7 nitrogen and oxygen atoms in total. The highest BCUT2D eigenvalue weighted by atomic mass is 32.2. The van der Waals surface area contributed by atoms with Gasteiger partial charge in [-0.1, -0.05) is 18.2 Å². The number of rotatable bonds is 6. The lowest BCUT2D eigenvalue weighted by Crippen LogP contribution is -2.33. The highest BCUT2D eigenvalue weighted by Crippen LogP contribution is 2.30. The third-order valence-electron chi connectivity index (χ3n) is 5.11. The van der Waals surface area contributed by atoms with Gasteiger partial charge in [-0.3, -0.25) is 14.2 Å². The van der Waals surface area contributed by atoms with E-state index in [2.05, 4.69) is 5.32 Å². The van der Waals surface area contributed by atoms with Crippen LogP contribution in [0, 0.1) is 6.92 Å². The van der Waals surface area contributed by atoms with Gasteiger partial charge in [-0.15, -0.1) is 0 Å². The minimum atomic E-state index is -4.58. The van der Waals surface area contributed by atoms with Gasteiger partial charge in [0.15, 0.2) is 0 Å². The number of benzene rings is 2. The predicted molar refractivity (Wildman–Crippen MR) is 120 cm³/mol. The number of sulfonamides is 1. The number of carbonyl (C=O) groups is 1. The van der Waals surface area contributed by atoms with E-state index in [4.69, 9.17) is 0 Å². The Hall–Kier alpha value is -3.44. The van der Waals surface area contributed by atoms with Crippen LogP contribution in [-0.2, 0) is 22.7 Å². The molecule has 2 aromatic carbocycles. The van der Waals surface area contributed by atoms with Crippen LogP contribution in [0.25, 0.3) is 5.69 Å². The Bertz CT molecular complexity index is 1380. The number of aryl methyl sites for hydroxylation is 1. The van der Waals surface area contributed by atoms with Crippen molar-refractivity contribution < 1.29 is 26.4 Å². The Balaban J connectivity index is 1.84. The van der Waals surface area contributed by atoms with Crippen molar-refractivity contribution in [3.63, 3.8) is 0 Å². The quantitative estimate of drug-likeness (QED) is 0.571. The minimum absolute atomic E-state index is 0.00957. The average Bonchev–Trinajstić information content (AvgIpc) is 2.77. The molecule has 0 aliphatic heterocycles. The van der Waals surface area contributed by atoms with E-state index in [9.17, 15) is 31.2 Å². The number of hydrogen-bond acceptors (Lipinski definition) is 4. The number of pyridine rings is 1. The average molecular weight is 494 g/mol. The van der Waals surface area contributed by atoms with Crippen LogP contribution < -0.4 is 10.9 Å². The summed E-state index contributed by atoms with van der Waals surface area (Å²) in [6.07, 6.45) is -4.58. The van der Waals surface area contributed by atoms with E-state index >= 15 is 0 Å². The van der Waals surface area contributed by atoms with Crippen molar-refractivity contribution in [1.29, 1.82) is 0 Å². The normalized spacial score (nSPS) is 12.1. The molecule has 0 saturated heterocycles. The van der Waals surface area contributed by atoms with Gasteiger partial charge in [0.05, 0.1) is 10.5 Å². The Morgan fingerprint density at radius 1 is 1.03 bits per heavy atom. The molecule has 1 aromatic heterocycles. The minimum Gasteiger partial charge on any atom is -0.348 e. The van der Waals surface area contributed by atoms with Gasteiger partial charge in [-0.2, -0.15) is 13.2 Å². The summed E-state index contributed by atoms with van der Waals surface area (Å²) in [6.45, 7) is 1.56. The number of nitrogens with zero attached hydrogens (tertiary/aromatic N) is 2. The van der Waals surface area contributed by atoms with Gasteiger partial charge in [0.25, 0.3) is 11.5 Å². The SMILES string of the molecule is Cc1ccc(C(=O)NCc2ccc(S(=O)(=O)N(C)C)cc2)c(=O)n1-c1cccc(C(F)(F)F)c1. The molecule has 0 atom stereocenters. The molecule has 0 unspecified atom stereocenters. The van der Waals surface area contributed by atoms with E-state index < -0.39 is 33.2 Å². The second-order valence-electron chi connectivity index (χ2n) is 7.69. The van der Waals surface area contributed by atoms with E-state index in [1.54, 1.807) is 6.92 Å². The first kappa shape index (κ1) is 25.2. The van der Waals surface area contributed by atoms with Crippen molar-refractivity contribution in [3.05, 3.63) is 93.4 Å². The van der Waals surface area contributed by atoms with Crippen LogP contribution in [0.15, 0.2) is 70.4 Å². The molecule has 0 aliphatic rings. The molecule has 0 radical (unpaired) electrons. The van der Waals surface area contributed by atoms with Crippen molar-refractivity contribution in [2.75, 3.05) is 14.1 Å². The summed E-state index contributed by atoms with van der Waals surface area (Å²) in [7, 11) is -0.762. The fourth-order valence-corrected chi connectivity index (χ4v) is 4.11. The van der Waals surface area contributed by atoms with Crippen LogP contribution in [-0.4, -0.2) is 37.3 Å². The molecule has 0 fully saturated rings. The molecule has 3 rings (SSSR count). The third kappa shape index (κ3) is 5.20. The second-order valence-corrected chi connectivity index (χ2v) is 9.84. The van der Waals surface area contributed by atoms with E-state index in [0.29, 0.717) is 11.3 Å². The number of alkyl halides is 3. The number of nitrogens with one attached hydrogen (secondary N) is 1. The zero-order valence-electron chi connectivity index (χ0n) is 18.6. The maximum Gasteiger partial charge on any atom is 0.416 e. The lowest BCUT2D eigenvalue weighted by atomic mass is 10.1. The van der Waals surface area contributed by atoms with Crippen LogP contribution in [0.1, 0.15) is 27.2 Å². The van der Waals surface area contributed by atoms with Gasteiger partial charge in [0, 0.05) is 32.0 Å². The summed E-state index contributed by atoms with van der Waals surface area (Å²) >= 11 is 0. The van der Waals surface area contributed by atoms with E-state index in [1.165, 1.54) is 62.6 Å². The molecule has 0 spiro atoms. The summed E-state index contributed by atoms with van der Waals surface area (Å²) in [5.41, 5.74) is -0.968. The van der Waals surface area contributed by atoms with Crippen molar-refractivity contribution in [2.24, 2.45) is 0 Å². The molecule has 34 heavy (non-hydrogen) atoms. The largest absolute Gasteiger partial charge is 0.416 e. The number of halogens is 3. The molecule has 1 amide bonds. The third-order valence-corrected chi connectivity index (χ3v) is 6.94. The van der Waals surface area contributed by atoms with Crippen molar-refractivity contribution in [1.82, 2.24) is 14.2 Å². The van der Waals surface area contributed by atoms with Gasteiger partial charge in [0.1, 0.15) is 5.56 Å². The molecule has 0 bridgehead atoms. The first-order valence-electron chi connectivity index (χ1n) is 10.0. The molecule has 1 heterocycles. The summed E-state index contributed by atoms with van der Waals surface area (Å²) in [5, 5.41) is 2.58. The molecule has 1 N–H and O–H groups in total. The van der Waals surface area contributed by atoms with Crippen molar-refractivity contribution in [3.8, 4) is 5.69 Å². The lowest BCUT2D eigenvalue weighted by Gasteiger charge is -2.14. The maximum absolute atomic E-state index is 13.1. The Kier molecular flexibility index (Phi) is 6.99. The van der Waals surface area contributed by atoms with Crippen LogP contribution in [0.5, 0.6) is 0 Å². The molecular formula is C23H22F3N3O4S. The first-order valence-corrected chi connectivity index (χ1v) is 11.5. The Morgan fingerprint density at radius 3 is 2.26 bits per heavy atom. The predicted octanol–water partition coefficient (Wildman–Crippen LogP) is 3.35. The summed E-state index contributed by atoms with van der Waals surface area (Å²) in [5.74, 6) is -0.712. The van der Waals surface area contributed by atoms with Gasteiger partial charge in [-0.05, 0) is 55.0 Å². The number of amides is 1. The molecule has 180 valence electrons. The topological polar surface area (TPSA) is 88.5 Å². The van der Waals surface area contributed by atoms with Crippen LogP contribution in [0.3, 0.4) is 0 Å². The van der Waals surface area contributed by atoms with Gasteiger partial charge in [0.2, 0.25) is 10.0 Å². The Labute approximate surface area is 194 Å². The highest BCUT2D eigenvalue weighted by Gasteiger charge is 2.30. The molecule has 11 heteroatoms. The Morgan fingerprint density at radius 2 is 1.68 bits per heavy atom. The zero-order valence-corrected chi connectivity index (χ0v) is 19.4. The number of carbonyl (C=O) groups excluding carboxylic acids is 1. The van der Waals surface area contributed by atoms with Crippen LogP contribution in [0.2, 0.25) is 0 Å². The summed E-state index contributed by atoms with van der Waals surface area (Å²) < 4.78 is 65.7. The van der Waals surface area contributed by atoms with E-state index in [-0.39, 0.29) is 22.7 Å². The fraction of sp³-hybridized carbons (Fsp3) is 0.217. The van der Waals surface area contributed by atoms with Gasteiger partial charge < -0.3 is 5.32 Å². The van der Waals surface area contributed by atoms with E-state index in [0.717, 1.165) is 21.0 Å². The number of aromatic nitrogens is 1. The van der Waals surface area contributed by atoms with Crippen molar-refractivity contribution >= 4 is 15.9 Å². The van der Waals surface area contributed by atoms with Crippen LogP contribution >= 0.6 is 0 Å². The molecule has 0 aliphatic carbocycles. The fourth-order valence-electron chi connectivity index (χ4n) is 3.21. The zero-order chi connectivity index (χ0) is 25.3. The summed E-state index contributed by atoms with van der Waals surface area (Å²) in [6, 6.07) is 13.0. The molecular weight excluding hydrogens is 471 g/mol. The van der Waals surface area contributed by atoms with E-state index in [1.807, 2.05) is 0 Å². The standard InChI is InChI=1S/C23H22F3N3O4S/c1-15-7-12-20(22(31)29(15)18-6-4-5-17(13-18)23(24,25)26)21(30)27-14-16-8-10-19(11-9-16)34(32,33)28(2)3/h4-13H,14H2,1-3H3,(H,27,30). The molecule has 0 saturated carbocycles.